The predicted molar refractivity (Wildman–Crippen MR) is 87.6 cm³/mol. The zero-order chi connectivity index (χ0) is 15.6. The maximum atomic E-state index is 6.48. The van der Waals surface area contributed by atoms with Crippen molar-refractivity contribution in [2.45, 2.75) is 24.9 Å². The number of benzene rings is 2. The van der Waals surface area contributed by atoms with Crippen LogP contribution < -0.4 is 0 Å². The summed E-state index contributed by atoms with van der Waals surface area (Å²) in [5.41, 5.74) is 2.07. The van der Waals surface area contributed by atoms with E-state index >= 15 is 0 Å². The molecule has 1 unspecified atom stereocenters. The minimum absolute atomic E-state index is 0.0374. The standard InChI is InChI=1S/C19H23NO2/c1-15(20(2)3)18-14-21-19(22-18,16-10-6-4-7-11-16)17-12-8-5-9-13-17/h4-13,15,18H,14H2,1-3H3/t15-,18?/m1/s1. The predicted octanol–water partition coefficient (Wildman–Crippen LogP) is 3.25. The van der Waals surface area contributed by atoms with Crippen molar-refractivity contribution in [2.75, 3.05) is 20.7 Å². The lowest BCUT2D eigenvalue weighted by Gasteiger charge is -2.31. The second-order valence-electron chi connectivity index (χ2n) is 6.02. The van der Waals surface area contributed by atoms with Gasteiger partial charge in [0.05, 0.1) is 6.61 Å². The van der Waals surface area contributed by atoms with Crippen molar-refractivity contribution < 1.29 is 9.47 Å². The monoisotopic (exact) mass is 297 g/mol. The highest BCUT2D eigenvalue weighted by molar-refractivity contribution is 5.34. The molecule has 0 saturated carbocycles. The third kappa shape index (κ3) is 2.68. The van der Waals surface area contributed by atoms with Gasteiger partial charge in [-0.1, -0.05) is 60.7 Å². The average molecular weight is 297 g/mol. The van der Waals surface area contributed by atoms with Crippen molar-refractivity contribution in [2.24, 2.45) is 0 Å². The van der Waals surface area contributed by atoms with E-state index in [4.69, 9.17) is 9.47 Å². The van der Waals surface area contributed by atoms with Gasteiger partial charge < -0.3 is 14.4 Å². The summed E-state index contributed by atoms with van der Waals surface area (Å²) in [6.45, 7) is 2.75. The van der Waals surface area contributed by atoms with Gasteiger partial charge in [-0.2, -0.15) is 0 Å². The van der Waals surface area contributed by atoms with Gasteiger partial charge in [0.2, 0.25) is 5.79 Å². The van der Waals surface area contributed by atoms with E-state index in [0.29, 0.717) is 6.61 Å². The Kier molecular flexibility index (Phi) is 4.30. The first-order valence-electron chi connectivity index (χ1n) is 7.73. The van der Waals surface area contributed by atoms with Gasteiger partial charge >= 0.3 is 0 Å². The zero-order valence-corrected chi connectivity index (χ0v) is 13.4. The second kappa shape index (κ2) is 6.21. The Balaban J connectivity index is 2.00. The van der Waals surface area contributed by atoms with Crippen LogP contribution in [0.5, 0.6) is 0 Å². The summed E-state index contributed by atoms with van der Waals surface area (Å²) in [6.07, 6.45) is 0.0374. The fourth-order valence-corrected chi connectivity index (χ4v) is 2.84. The minimum atomic E-state index is -0.808. The molecule has 0 aliphatic carbocycles. The van der Waals surface area contributed by atoms with Crippen LogP contribution in [0.2, 0.25) is 0 Å². The average Bonchev–Trinajstić information content (AvgIpc) is 3.02. The number of ether oxygens (including phenoxy) is 2. The number of hydrogen-bond acceptors (Lipinski definition) is 3. The molecule has 1 aliphatic heterocycles. The van der Waals surface area contributed by atoms with Crippen molar-refractivity contribution in [3.8, 4) is 0 Å². The van der Waals surface area contributed by atoms with Gasteiger partial charge in [-0.15, -0.1) is 0 Å². The Hall–Kier alpha value is -1.68. The Morgan fingerprint density at radius 2 is 1.45 bits per heavy atom. The van der Waals surface area contributed by atoms with Crippen molar-refractivity contribution >= 4 is 0 Å². The molecule has 116 valence electrons. The molecule has 0 spiro atoms. The van der Waals surface area contributed by atoms with E-state index in [9.17, 15) is 0 Å². The van der Waals surface area contributed by atoms with Crippen molar-refractivity contribution in [1.82, 2.24) is 4.90 Å². The number of rotatable bonds is 4. The molecule has 1 aliphatic rings. The molecule has 1 fully saturated rings. The van der Waals surface area contributed by atoms with Crippen LogP contribution in [-0.4, -0.2) is 37.7 Å². The molecular formula is C19H23NO2. The van der Waals surface area contributed by atoms with E-state index in [1.165, 1.54) is 0 Å². The molecule has 22 heavy (non-hydrogen) atoms. The van der Waals surface area contributed by atoms with Crippen LogP contribution in [-0.2, 0) is 15.3 Å². The first-order chi connectivity index (χ1) is 10.6. The van der Waals surface area contributed by atoms with Gasteiger partial charge in [0, 0.05) is 17.2 Å². The van der Waals surface area contributed by atoms with Gasteiger partial charge in [-0.05, 0) is 21.0 Å². The van der Waals surface area contributed by atoms with Crippen LogP contribution >= 0.6 is 0 Å². The molecular weight excluding hydrogens is 274 g/mol. The smallest absolute Gasteiger partial charge is 0.222 e. The summed E-state index contributed by atoms with van der Waals surface area (Å²) in [7, 11) is 4.14. The van der Waals surface area contributed by atoms with E-state index in [1.54, 1.807) is 0 Å². The molecule has 1 heterocycles. The van der Waals surface area contributed by atoms with Gasteiger partial charge in [-0.25, -0.2) is 0 Å². The zero-order valence-electron chi connectivity index (χ0n) is 13.4. The Morgan fingerprint density at radius 3 is 1.91 bits per heavy atom. The van der Waals surface area contributed by atoms with E-state index in [1.807, 2.05) is 36.4 Å². The van der Waals surface area contributed by atoms with Crippen LogP contribution in [0.4, 0.5) is 0 Å². The van der Waals surface area contributed by atoms with E-state index in [2.05, 4.69) is 50.2 Å². The summed E-state index contributed by atoms with van der Waals surface area (Å²) in [5.74, 6) is -0.808. The Morgan fingerprint density at radius 1 is 0.955 bits per heavy atom. The summed E-state index contributed by atoms with van der Waals surface area (Å²) in [6, 6.07) is 20.7. The van der Waals surface area contributed by atoms with Gasteiger partial charge in [0.25, 0.3) is 0 Å². The highest BCUT2D eigenvalue weighted by atomic mass is 16.7. The molecule has 3 nitrogen and oxygen atoms in total. The largest absolute Gasteiger partial charge is 0.339 e. The summed E-state index contributed by atoms with van der Waals surface area (Å²) in [5, 5.41) is 0. The molecule has 0 bridgehead atoms. The maximum Gasteiger partial charge on any atom is 0.222 e. The van der Waals surface area contributed by atoms with E-state index < -0.39 is 5.79 Å². The van der Waals surface area contributed by atoms with E-state index in [-0.39, 0.29) is 12.1 Å². The second-order valence-corrected chi connectivity index (χ2v) is 6.02. The lowest BCUT2D eigenvalue weighted by Crippen LogP contribution is -2.39. The fourth-order valence-electron chi connectivity index (χ4n) is 2.84. The minimum Gasteiger partial charge on any atom is -0.339 e. The number of likely N-dealkylation sites (N-methyl/N-ethyl adjacent to an activating group) is 1. The van der Waals surface area contributed by atoms with Crippen LogP contribution in [0, 0.1) is 0 Å². The molecule has 1 saturated heterocycles. The normalized spacial score (nSPS) is 21.9. The Labute approximate surface area is 132 Å². The molecule has 2 aromatic carbocycles. The third-order valence-corrected chi connectivity index (χ3v) is 4.43. The van der Waals surface area contributed by atoms with Crippen molar-refractivity contribution in [3.63, 3.8) is 0 Å². The van der Waals surface area contributed by atoms with Crippen molar-refractivity contribution in [3.05, 3.63) is 71.8 Å². The van der Waals surface area contributed by atoms with Crippen LogP contribution in [0.3, 0.4) is 0 Å². The van der Waals surface area contributed by atoms with Crippen LogP contribution in [0.25, 0.3) is 0 Å². The molecule has 0 radical (unpaired) electrons. The van der Waals surface area contributed by atoms with Crippen LogP contribution in [0.15, 0.2) is 60.7 Å². The topological polar surface area (TPSA) is 21.7 Å². The van der Waals surface area contributed by atoms with Gasteiger partial charge in [0.15, 0.2) is 0 Å². The number of nitrogens with zero attached hydrogens (tertiary/aromatic N) is 1. The first kappa shape index (κ1) is 15.2. The van der Waals surface area contributed by atoms with Gasteiger partial charge in [0.1, 0.15) is 6.10 Å². The van der Waals surface area contributed by atoms with Crippen LogP contribution in [0.1, 0.15) is 18.1 Å². The number of hydrogen-bond donors (Lipinski definition) is 0. The molecule has 3 heteroatoms. The van der Waals surface area contributed by atoms with E-state index in [0.717, 1.165) is 11.1 Å². The Bertz CT molecular complexity index is 558. The quantitative estimate of drug-likeness (QED) is 0.864. The highest BCUT2D eigenvalue weighted by Gasteiger charge is 2.46. The molecule has 0 aromatic heterocycles. The molecule has 3 rings (SSSR count). The van der Waals surface area contributed by atoms with Crippen molar-refractivity contribution in [1.29, 1.82) is 0 Å². The molecule has 0 amide bonds. The maximum absolute atomic E-state index is 6.48. The highest BCUT2D eigenvalue weighted by Crippen LogP contribution is 2.41. The summed E-state index contributed by atoms with van der Waals surface area (Å²) < 4.78 is 12.7. The summed E-state index contributed by atoms with van der Waals surface area (Å²) >= 11 is 0. The fraction of sp³-hybridized carbons (Fsp3) is 0.368. The lowest BCUT2D eigenvalue weighted by molar-refractivity contribution is -0.148. The lowest BCUT2D eigenvalue weighted by atomic mass is 9.97. The molecule has 2 aromatic rings. The molecule has 0 N–H and O–H groups in total. The molecule has 2 atom stereocenters. The first-order valence-corrected chi connectivity index (χ1v) is 7.73. The van der Waals surface area contributed by atoms with Gasteiger partial charge in [-0.3, -0.25) is 0 Å². The SMILES string of the molecule is C[C@H](C1COC(c2ccccc2)(c2ccccc2)O1)N(C)C. The summed E-state index contributed by atoms with van der Waals surface area (Å²) in [4.78, 5) is 2.17. The third-order valence-electron chi connectivity index (χ3n) is 4.43.